The van der Waals surface area contributed by atoms with Crippen molar-refractivity contribution in [2.24, 2.45) is 0 Å². The normalized spacial score (nSPS) is 21.0. The lowest BCUT2D eigenvalue weighted by atomic mass is 9.88. The molecule has 0 N–H and O–H groups in total. The minimum Gasteiger partial charge on any atom is -0.369 e. The van der Waals surface area contributed by atoms with Gasteiger partial charge < -0.3 is 4.90 Å². The molecule has 1 unspecified atom stereocenters. The predicted molar refractivity (Wildman–Crippen MR) is 136 cm³/mol. The van der Waals surface area contributed by atoms with Crippen molar-refractivity contribution in [2.75, 3.05) is 13.1 Å². The standard InChI is InChI=1S/C28H31FN6O/c1-17-5-3-6-21(29)26(17)34-13-9-19(10-14-34)20-15-23-27(33-18(2)16-32-23)35(28(20)36)24-8-4-7-22-25(24)31-12-11-30-22/h5,11-12,15-16,19,24H,3-4,6-10,13-14H2,1-2H3. The van der Waals surface area contributed by atoms with Crippen LogP contribution in [0.15, 0.2) is 52.6 Å². The van der Waals surface area contributed by atoms with Gasteiger partial charge in [-0.3, -0.25) is 24.3 Å². The second-order valence-corrected chi connectivity index (χ2v) is 10.2. The lowest BCUT2D eigenvalue weighted by Crippen LogP contribution is -2.37. The molecule has 0 spiro atoms. The van der Waals surface area contributed by atoms with Gasteiger partial charge in [0.15, 0.2) is 5.65 Å². The number of nitrogens with zero attached hydrogens (tertiary/aromatic N) is 6. The van der Waals surface area contributed by atoms with Gasteiger partial charge in [0.05, 0.1) is 28.8 Å². The number of likely N-dealkylation sites (tertiary alicyclic amines) is 1. The Balaban J connectivity index is 1.40. The molecule has 6 rings (SSSR count). The van der Waals surface area contributed by atoms with E-state index in [0.717, 1.165) is 91.0 Å². The molecule has 3 aromatic rings. The van der Waals surface area contributed by atoms with Gasteiger partial charge in [-0.2, -0.15) is 0 Å². The van der Waals surface area contributed by atoms with E-state index < -0.39 is 0 Å². The molecule has 0 radical (unpaired) electrons. The van der Waals surface area contributed by atoms with Gasteiger partial charge >= 0.3 is 0 Å². The van der Waals surface area contributed by atoms with Crippen LogP contribution in [0.4, 0.5) is 4.39 Å². The zero-order valence-electron chi connectivity index (χ0n) is 20.9. The monoisotopic (exact) mass is 486 g/mol. The van der Waals surface area contributed by atoms with Gasteiger partial charge in [-0.1, -0.05) is 6.08 Å². The quantitative estimate of drug-likeness (QED) is 0.523. The van der Waals surface area contributed by atoms with Crippen LogP contribution in [0.3, 0.4) is 0 Å². The zero-order valence-corrected chi connectivity index (χ0v) is 20.9. The average molecular weight is 487 g/mol. The van der Waals surface area contributed by atoms with Crippen molar-refractivity contribution in [1.82, 2.24) is 29.4 Å². The Bertz CT molecular complexity index is 1450. The summed E-state index contributed by atoms with van der Waals surface area (Å²) in [5.41, 5.74) is 6.49. The van der Waals surface area contributed by atoms with Crippen molar-refractivity contribution in [1.29, 1.82) is 0 Å². The summed E-state index contributed by atoms with van der Waals surface area (Å²) in [6.07, 6.45) is 12.8. The highest BCUT2D eigenvalue weighted by Gasteiger charge is 2.31. The number of fused-ring (bicyclic) bond motifs is 2. The van der Waals surface area contributed by atoms with Gasteiger partial charge in [0.1, 0.15) is 11.3 Å². The Morgan fingerprint density at radius 1 is 1.03 bits per heavy atom. The Morgan fingerprint density at radius 2 is 1.83 bits per heavy atom. The summed E-state index contributed by atoms with van der Waals surface area (Å²) >= 11 is 0. The molecule has 1 saturated heterocycles. The molecule has 0 amide bonds. The van der Waals surface area contributed by atoms with Gasteiger partial charge in [0.2, 0.25) is 0 Å². The maximum Gasteiger partial charge on any atom is 0.256 e. The van der Waals surface area contributed by atoms with Crippen molar-refractivity contribution < 1.29 is 4.39 Å². The summed E-state index contributed by atoms with van der Waals surface area (Å²) in [7, 11) is 0. The van der Waals surface area contributed by atoms with E-state index in [-0.39, 0.29) is 23.3 Å². The van der Waals surface area contributed by atoms with Gasteiger partial charge in [0, 0.05) is 43.7 Å². The van der Waals surface area contributed by atoms with E-state index in [0.29, 0.717) is 12.1 Å². The van der Waals surface area contributed by atoms with E-state index in [1.165, 1.54) is 0 Å². The minimum atomic E-state index is -0.206. The number of aryl methyl sites for hydroxylation is 2. The molecule has 7 nitrogen and oxygen atoms in total. The summed E-state index contributed by atoms with van der Waals surface area (Å²) in [6.45, 7) is 5.35. The largest absolute Gasteiger partial charge is 0.369 e. The third-order valence-electron chi connectivity index (χ3n) is 7.91. The van der Waals surface area contributed by atoms with E-state index in [2.05, 4.69) is 25.9 Å². The fourth-order valence-electron chi connectivity index (χ4n) is 6.16. The first-order valence-electron chi connectivity index (χ1n) is 13.0. The number of hydrogen-bond acceptors (Lipinski definition) is 6. The summed E-state index contributed by atoms with van der Waals surface area (Å²) in [5, 5.41) is 0. The number of allylic oxidation sites excluding steroid dienone is 3. The van der Waals surface area contributed by atoms with E-state index in [1.807, 2.05) is 24.5 Å². The predicted octanol–water partition coefficient (Wildman–Crippen LogP) is 4.92. The van der Waals surface area contributed by atoms with E-state index in [4.69, 9.17) is 4.98 Å². The second-order valence-electron chi connectivity index (χ2n) is 10.2. The molecule has 3 aliphatic rings. The van der Waals surface area contributed by atoms with Crippen molar-refractivity contribution in [3.63, 3.8) is 0 Å². The van der Waals surface area contributed by atoms with Crippen molar-refractivity contribution >= 4 is 11.2 Å². The second kappa shape index (κ2) is 9.22. The third kappa shape index (κ3) is 3.92. The Kier molecular flexibility index (Phi) is 5.90. The van der Waals surface area contributed by atoms with Crippen molar-refractivity contribution in [3.05, 3.63) is 80.8 Å². The van der Waals surface area contributed by atoms with Gasteiger partial charge in [0.25, 0.3) is 5.56 Å². The van der Waals surface area contributed by atoms with Crippen LogP contribution in [0, 0.1) is 6.92 Å². The van der Waals surface area contributed by atoms with Gasteiger partial charge in [-0.15, -0.1) is 0 Å². The Hall–Kier alpha value is -3.42. The van der Waals surface area contributed by atoms with Crippen molar-refractivity contribution in [2.45, 2.75) is 70.8 Å². The van der Waals surface area contributed by atoms with Crippen LogP contribution in [0.5, 0.6) is 0 Å². The first kappa shape index (κ1) is 23.0. The smallest absolute Gasteiger partial charge is 0.256 e. The number of hydrogen-bond donors (Lipinski definition) is 0. The molecule has 0 aromatic carbocycles. The SMILES string of the molecule is CC1=CCCC(F)=C1N1CCC(c2cc3ncc(C)nc3n(C3CCCc4nccnc43)c2=O)CC1. The van der Waals surface area contributed by atoms with Crippen LogP contribution in [-0.2, 0) is 6.42 Å². The van der Waals surface area contributed by atoms with Crippen LogP contribution >= 0.6 is 0 Å². The molecule has 2 aliphatic carbocycles. The van der Waals surface area contributed by atoms with Gasteiger partial charge in [-0.05, 0) is 69.9 Å². The summed E-state index contributed by atoms with van der Waals surface area (Å²) in [5.74, 6) is 0.0817. The summed E-state index contributed by atoms with van der Waals surface area (Å²) in [6, 6.07) is 1.73. The minimum absolute atomic E-state index is 0.00997. The highest BCUT2D eigenvalue weighted by molar-refractivity contribution is 5.71. The first-order valence-corrected chi connectivity index (χ1v) is 13.0. The fourth-order valence-corrected chi connectivity index (χ4v) is 6.16. The van der Waals surface area contributed by atoms with Crippen LogP contribution in [0.25, 0.3) is 11.2 Å². The van der Waals surface area contributed by atoms with Crippen LogP contribution < -0.4 is 5.56 Å². The molecule has 0 bridgehead atoms. The number of piperidine rings is 1. The van der Waals surface area contributed by atoms with Crippen molar-refractivity contribution in [3.8, 4) is 0 Å². The molecular weight excluding hydrogens is 455 g/mol. The molecule has 1 atom stereocenters. The van der Waals surface area contributed by atoms with E-state index >= 15 is 0 Å². The molecule has 1 aliphatic heterocycles. The molecule has 4 heterocycles. The van der Waals surface area contributed by atoms with Gasteiger partial charge in [-0.25, -0.2) is 9.37 Å². The lowest BCUT2D eigenvalue weighted by Gasteiger charge is -2.37. The van der Waals surface area contributed by atoms with Crippen LogP contribution in [0.2, 0.25) is 0 Å². The van der Waals surface area contributed by atoms with Crippen LogP contribution in [-0.4, -0.2) is 42.5 Å². The number of halogens is 1. The molecule has 0 saturated carbocycles. The lowest BCUT2D eigenvalue weighted by molar-refractivity contribution is 0.256. The first-order chi connectivity index (χ1) is 17.5. The maximum atomic E-state index is 14.7. The van der Waals surface area contributed by atoms with E-state index in [9.17, 15) is 9.18 Å². The number of rotatable bonds is 3. The maximum absolute atomic E-state index is 14.7. The molecule has 36 heavy (non-hydrogen) atoms. The summed E-state index contributed by atoms with van der Waals surface area (Å²) < 4.78 is 16.5. The molecular formula is C28H31FN6O. The molecule has 186 valence electrons. The Morgan fingerprint density at radius 3 is 2.64 bits per heavy atom. The number of pyridine rings is 1. The Labute approximate surface area is 209 Å². The highest BCUT2D eigenvalue weighted by Crippen LogP contribution is 2.36. The zero-order chi connectivity index (χ0) is 24.8. The fraction of sp³-hybridized carbons (Fsp3) is 0.464. The average Bonchev–Trinajstić information content (AvgIpc) is 2.89. The highest BCUT2D eigenvalue weighted by atomic mass is 19.1. The number of aromatic nitrogens is 5. The summed E-state index contributed by atoms with van der Waals surface area (Å²) in [4.78, 5) is 34.9. The third-order valence-corrected chi connectivity index (χ3v) is 7.91. The van der Waals surface area contributed by atoms with Crippen LogP contribution in [0.1, 0.15) is 80.1 Å². The molecule has 3 aromatic heterocycles. The van der Waals surface area contributed by atoms with E-state index in [1.54, 1.807) is 18.6 Å². The molecule has 1 fully saturated rings. The topological polar surface area (TPSA) is 76.8 Å². The molecule has 8 heteroatoms.